The van der Waals surface area contributed by atoms with Crippen LogP contribution in [0.3, 0.4) is 0 Å². The Labute approximate surface area is 106 Å². The molecule has 0 aliphatic carbocycles. The van der Waals surface area contributed by atoms with Crippen molar-refractivity contribution in [3.05, 3.63) is 12.7 Å². The van der Waals surface area contributed by atoms with E-state index in [1.165, 1.54) is 32.2 Å². The van der Waals surface area contributed by atoms with Crippen LogP contribution >= 0.6 is 0 Å². The Morgan fingerprint density at radius 3 is 3.06 bits per heavy atom. The molecule has 2 atom stereocenters. The molecular formula is C14H28N2O. The van der Waals surface area contributed by atoms with Crippen LogP contribution in [0.4, 0.5) is 0 Å². The summed E-state index contributed by atoms with van der Waals surface area (Å²) in [4.78, 5) is 0. The van der Waals surface area contributed by atoms with E-state index in [-0.39, 0.29) is 0 Å². The van der Waals surface area contributed by atoms with Gasteiger partial charge in [0, 0.05) is 18.6 Å². The van der Waals surface area contributed by atoms with E-state index < -0.39 is 0 Å². The van der Waals surface area contributed by atoms with Crippen molar-refractivity contribution in [2.75, 3.05) is 26.3 Å². The first-order valence-corrected chi connectivity index (χ1v) is 6.98. The predicted molar refractivity (Wildman–Crippen MR) is 73.4 cm³/mol. The molecule has 3 heteroatoms. The Hall–Kier alpha value is -0.380. The van der Waals surface area contributed by atoms with Gasteiger partial charge in [0.1, 0.15) is 0 Å². The molecule has 0 bridgehead atoms. The number of ether oxygens (including phenoxy) is 1. The lowest BCUT2D eigenvalue weighted by atomic mass is 9.99. The standard InChI is InChI=1S/C14H28N2O/c1-3-4-10-17-11-9-15-13(2)12-14-7-5-6-8-16-14/h3,13-16H,1,4-12H2,2H3. The second-order valence-electron chi connectivity index (χ2n) is 4.93. The summed E-state index contributed by atoms with van der Waals surface area (Å²) < 4.78 is 5.47. The first kappa shape index (κ1) is 14.7. The molecule has 0 spiro atoms. The second kappa shape index (κ2) is 9.63. The fourth-order valence-corrected chi connectivity index (χ4v) is 2.28. The molecule has 0 aromatic heterocycles. The number of hydrogen-bond acceptors (Lipinski definition) is 3. The van der Waals surface area contributed by atoms with Crippen LogP contribution in [-0.4, -0.2) is 38.4 Å². The number of hydrogen-bond donors (Lipinski definition) is 2. The highest BCUT2D eigenvalue weighted by atomic mass is 16.5. The summed E-state index contributed by atoms with van der Waals surface area (Å²) in [6.07, 6.45) is 8.13. The van der Waals surface area contributed by atoms with Crippen LogP contribution < -0.4 is 10.6 Å². The van der Waals surface area contributed by atoms with Crippen molar-refractivity contribution in [2.45, 2.75) is 51.1 Å². The zero-order chi connectivity index (χ0) is 12.3. The fourth-order valence-electron chi connectivity index (χ4n) is 2.28. The molecule has 2 N–H and O–H groups in total. The summed E-state index contributed by atoms with van der Waals surface area (Å²) in [5.74, 6) is 0. The molecule has 3 nitrogen and oxygen atoms in total. The summed E-state index contributed by atoms with van der Waals surface area (Å²) in [6, 6.07) is 1.29. The van der Waals surface area contributed by atoms with Gasteiger partial charge in [-0.3, -0.25) is 0 Å². The van der Waals surface area contributed by atoms with Crippen LogP contribution in [0.2, 0.25) is 0 Å². The third-order valence-electron chi connectivity index (χ3n) is 3.26. The topological polar surface area (TPSA) is 33.3 Å². The van der Waals surface area contributed by atoms with E-state index in [1.807, 2.05) is 6.08 Å². The Balaban J connectivity index is 1.93. The van der Waals surface area contributed by atoms with Crippen molar-refractivity contribution in [2.24, 2.45) is 0 Å². The average Bonchev–Trinajstić information content (AvgIpc) is 2.35. The Kier molecular flexibility index (Phi) is 8.32. The Morgan fingerprint density at radius 2 is 2.35 bits per heavy atom. The number of rotatable bonds is 9. The van der Waals surface area contributed by atoms with Crippen LogP contribution in [0, 0.1) is 0 Å². The predicted octanol–water partition coefficient (Wildman–Crippen LogP) is 2.09. The lowest BCUT2D eigenvalue weighted by Gasteiger charge is -2.26. The van der Waals surface area contributed by atoms with Gasteiger partial charge in [-0.1, -0.05) is 12.5 Å². The molecule has 0 saturated carbocycles. The van der Waals surface area contributed by atoms with E-state index in [9.17, 15) is 0 Å². The van der Waals surface area contributed by atoms with E-state index in [4.69, 9.17) is 4.74 Å². The first-order chi connectivity index (χ1) is 8.33. The van der Waals surface area contributed by atoms with Gasteiger partial charge in [0.15, 0.2) is 0 Å². The van der Waals surface area contributed by atoms with Gasteiger partial charge in [-0.25, -0.2) is 0 Å². The third-order valence-corrected chi connectivity index (χ3v) is 3.26. The maximum Gasteiger partial charge on any atom is 0.0591 e. The van der Waals surface area contributed by atoms with Gasteiger partial charge in [0.05, 0.1) is 13.2 Å². The molecule has 0 aromatic rings. The van der Waals surface area contributed by atoms with Gasteiger partial charge < -0.3 is 15.4 Å². The number of piperidine rings is 1. The molecule has 1 saturated heterocycles. The van der Waals surface area contributed by atoms with E-state index in [1.54, 1.807) is 0 Å². The lowest BCUT2D eigenvalue weighted by molar-refractivity contribution is 0.137. The fraction of sp³-hybridized carbons (Fsp3) is 0.857. The second-order valence-corrected chi connectivity index (χ2v) is 4.93. The van der Waals surface area contributed by atoms with Crippen molar-refractivity contribution in [3.8, 4) is 0 Å². The smallest absolute Gasteiger partial charge is 0.0591 e. The maximum atomic E-state index is 5.47. The quantitative estimate of drug-likeness (QED) is 0.478. The molecule has 0 amide bonds. The van der Waals surface area contributed by atoms with E-state index in [0.717, 1.165) is 26.2 Å². The van der Waals surface area contributed by atoms with Gasteiger partial charge in [-0.05, 0) is 39.2 Å². The van der Waals surface area contributed by atoms with E-state index >= 15 is 0 Å². The molecule has 0 aromatic carbocycles. The Bertz CT molecular complexity index is 191. The molecule has 2 unspecified atom stereocenters. The normalized spacial score (nSPS) is 22.3. The van der Waals surface area contributed by atoms with Gasteiger partial charge in [-0.2, -0.15) is 0 Å². The summed E-state index contributed by atoms with van der Waals surface area (Å²) >= 11 is 0. The zero-order valence-corrected chi connectivity index (χ0v) is 11.2. The molecular weight excluding hydrogens is 212 g/mol. The highest BCUT2D eigenvalue weighted by Crippen LogP contribution is 2.11. The van der Waals surface area contributed by atoms with Gasteiger partial charge in [0.2, 0.25) is 0 Å². The summed E-state index contributed by atoms with van der Waals surface area (Å²) in [7, 11) is 0. The monoisotopic (exact) mass is 240 g/mol. The van der Waals surface area contributed by atoms with Crippen molar-refractivity contribution in [3.63, 3.8) is 0 Å². The van der Waals surface area contributed by atoms with Crippen LogP contribution in [0.5, 0.6) is 0 Å². The van der Waals surface area contributed by atoms with Crippen molar-refractivity contribution in [1.29, 1.82) is 0 Å². The van der Waals surface area contributed by atoms with Crippen LogP contribution in [0.15, 0.2) is 12.7 Å². The van der Waals surface area contributed by atoms with E-state index in [2.05, 4.69) is 24.1 Å². The van der Waals surface area contributed by atoms with Crippen LogP contribution in [-0.2, 0) is 4.74 Å². The highest BCUT2D eigenvalue weighted by molar-refractivity contribution is 4.76. The zero-order valence-electron chi connectivity index (χ0n) is 11.2. The maximum absolute atomic E-state index is 5.47. The van der Waals surface area contributed by atoms with Gasteiger partial charge in [-0.15, -0.1) is 6.58 Å². The summed E-state index contributed by atoms with van der Waals surface area (Å²) in [6.45, 7) is 9.68. The van der Waals surface area contributed by atoms with E-state index in [0.29, 0.717) is 12.1 Å². The highest BCUT2D eigenvalue weighted by Gasteiger charge is 2.14. The van der Waals surface area contributed by atoms with Gasteiger partial charge in [0.25, 0.3) is 0 Å². The van der Waals surface area contributed by atoms with Crippen molar-refractivity contribution >= 4 is 0 Å². The summed E-state index contributed by atoms with van der Waals surface area (Å²) in [5.41, 5.74) is 0. The average molecular weight is 240 g/mol. The molecule has 0 radical (unpaired) electrons. The van der Waals surface area contributed by atoms with Gasteiger partial charge >= 0.3 is 0 Å². The molecule has 17 heavy (non-hydrogen) atoms. The molecule has 1 aliphatic heterocycles. The molecule has 1 heterocycles. The molecule has 1 rings (SSSR count). The minimum atomic E-state index is 0.577. The largest absolute Gasteiger partial charge is 0.380 e. The van der Waals surface area contributed by atoms with Crippen molar-refractivity contribution in [1.82, 2.24) is 10.6 Å². The SMILES string of the molecule is C=CCCOCCNC(C)CC1CCCCN1. The first-order valence-electron chi connectivity index (χ1n) is 6.98. The van der Waals surface area contributed by atoms with Crippen molar-refractivity contribution < 1.29 is 4.74 Å². The molecule has 100 valence electrons. The minimum absolute atomic E-state index is 0.577. The Morgan fingerprint density at radius 1 is 1.47 bits per heavy atom. The van der Waals surface area contributed by atoms with Crippen LogP contribution in [0.25, 0.3) is 0 Å². The summed E-state index contributed by atoms with van der Waals surface area (Å²) in [5, 5.41) is 7.10. The molecule has 1 fully saturated rings. The third kappa shape index (κ3) is 7.53. The lowest BCUT2D eigenvalue weighted by Crippen LogP contribution is -2.40. The van der Waals surface area contributed by atoms with Crippen LogP contribution in [0.1, 0.15) is 39.0 Å². The minimum Gasteiger partial charge on any atom is -0.380 e. The number of nitrogens with one attached hydrogen (secondary N) is 2. The molecule has 1 aliphatic rings.